The van der Waals surface area contributed by atoms with Crippen LogP contribution < -0.4 is 0 Å². The highest BCUT2D eigenvalue weighted by Gasteiger charge is 2.70. The predicted octanol–water partition coefficient (Wildman–Crippen LogP) is 5.12. The van der Waals surface area contributed by atoms with Crippen molar-refractivity contribution in [2.45, 2.75) is 77.4 Å². The highest BCUT2D eigenvalue weighted by Crippen LogP contribution is 2.68. The van der Waals surface area contributed by atoms with Crippen LogP contribution in [0.2, 0.25) is 0 Å². The third-order valence-electron chi connectivity index (χ3n) is 10.7. The van der Waals surface area contributed by atoms with E-state index < -0.39 is 23.1 Å². The Bertz CT molecular complexity index is 1390. The van der Waals surface area contributed by atoms with Gasteiger partial charge >= 0.3 is 5.97 Å². The normalized spacial score (nSPS) is 35.5. The molecule has 0 aliphatic heterocycles. The molecule has 3 saturated carbocycles. The zero-order chi connectivity index (χ0) is 29.2. The standard InChI is InChI=1S/C31H38FN3O5S/c1-5-26(37)40-31(28(38)41-17-39-4)11-10-22-21-8-6-19-12-23-18(15-34-35(23)20-7-9-25(32)33-16-20)13-29(19,2)27(21)24(36)14-30(22,31)3/h7,9,12,15-16,21-22,24,27,36H,5-6,8,10-11,13-14,17H2,1-4H3/t21-,22?,24-,27?,29-,30-,31-/m0/s1. The molecule has 220 valence electrons. The lowest BCUT2D eigenvalue weighted by molar-refractivity contribution is -0.196. The molecule has 10 heteroatoms. The molecule has 3 fully saturated rings. The Morgan fingerprint density at radius 3 is 2.76 bits per heavy atom. The van der Waals surface area contributed by atoms with Gasteiger partial charge in [-0.1, -0.05) is 38.1 Å². The Hall–Kier alpha value is -2.56. The van der Waals surface area contributed by atoms with Gasteiger partial charge in [-0.15, -0.1) is 0 Å². The molecular weight excluding hydrogens is 545 g/mol. The monoisotopic (exact) mass is 583 g/mol. The predicted molar refractivity (Wildman–Crippen MR) is 152 cm³/mol. The number of esters is 1. The van der Waals surface area contributed by atoms with Gasteiger partial charge < -0.3 is 14.6 Å². The topological polar surface area (TPSA) is 104 Å². The number of hydrogen-bond donors (Lipinski definition) is 1. The molecule has 2 heterocycles. The van der Waals surface area contributed by atoms with Crippen molar-refractivity contribution in [3.8, 4) is 5.69 Å². The number of rotatable bonds is 6. The average Bonchev–Trinajstić information content (AvgIpc) is 3.48. The average molecular weight is 584 g/mol. The number of halogens is 1. The Balaban J connectivity index is 1.34. The first-order chi connectivity index (χ1) is 19.6. The number of aromatic nitrogens is 3. The van der Waals surface area contributed by atoms with E-state index in [-0.39, 0.29) is 46.6 Å². The van der Waals surface area contributed by atoms with Crippen LogP contribution in [0.3, 0.4) is 0 Å². The van der Waals surface area contributed by atoms with Gasteiger partial charge in [-0.05, 0) is 85.5 Å². The van der Waals surface area contributed by atoms with Crippen molar-refractivity contribution >= 4 is 28.9 Å². The number of aliphatic hydroxyl groups excluding tert-OH is 1. The number of pyridine rings is 1. The number of carbonyl (C=O) groups is 2. The van der Waals surface area contributed by atoms with Crippen LogP contribution in [-0.2, 0) is 25.5 Å². The first-order valence-corrected chi connectivity index (χ1v) is 15.5. The number of thioether (sulfide) groups is 1. The van der Waals surface area contributed by atoms with Crippen molar-refractivity contribution in [1.29, 1.82) is 0 Å². The molecule has 41 heavy (non-hydrogen) atoms. The van der Waals surface area contributed by atoms with E-state index in [0.717, 1.165) is 48.7 Å². The number of nitrogens with zero attached hydrogens (tertiary/aromatic N) is 3. The lowest BCUT2D eigenvalue weighted by Crippen LogP contribution is -2.62. The van der Waals surface area contributed by atoms with Gasteiger partial charge in [0.2, 0.25) is 11.1 Å². The first-order valence-electron chi connectivity index (χ1n) is 14.5. The summed E-state index contributed by atoms with van der Waals surface area (Å²) >= 11 is 1.06. The number of ether oxygens (including phenoxy) is 2. The molecule has 0 bridgehead atoms. The first kappa shape index (κ1) is 28.6. The number of methoxy groups -OCH3 is 1. The minimum Gasteiger partial charge on any atom is -0.449 e. The fraction of sp³-hybridized carbons (Fsp3) is 0.613. The minimum absolute atomic E-state index is 0.00368. The smallest absolute Gasteiger partial charge is 0.306 e. The van der Waals surface area contributed by atoms with E-state index in [0.29, 0.717) is 18.5 Å². The summed E-state index contributed by atoms with van der Waals surface area (Å²) in [6, 6.07) is 3.01. The number of aliphatic hydroxyl groups is 1. The SMILES string of the molecule is CCC(=O)O[C@]1(C(=O)SCOC)CCC2[C@@H]3CCC4=Cc5c(cnn5-c5ccc(F)nc5)C[C@]4(C)C3[C@@H](O)C[C@@]21C. The summed E-state index contributed by atoms with van der Waals surface area (Å²) in [5.41, 5.74) is 1.84. The third kappa shape index (κ3) is 4.23. The summed E-state index contributed by atoms with van der Waals surface area (Å²) < 4.78 is 26.6. The Morgan fingerprint density at radius 1 is 1.24 bits per heavy atom. The van der Waals surface area contributed by atoms with E-state index in [4.69, 9.17) is 9.47 Å². The molecular formula is C31H38FN3O5S. The molecule has 2 unspecified atom stereocenters. The Labute approximate surface area is 244 Å². The maximum absolute atomic E-state index is 13.8. The van der Waals surface area contributed by atoms with Gasteiger partial charge in [-0.2, -0.15) is 9.49 Å². The summed E-state index contributed by atoms with van der Waals surface area (Å²) in [4.78, 5) is 30.2. The van der Waals surface area contributed by atoms with Crippen LogP contribution in [0.4, 0.5) is 4.39 Å². The Morgan fingerprint density at radius 2 is 2.05 bits per heavy atom. The fourth-order valence-corrected chi connectivity index (χ4v) is 9.75. The molecule has 4 aliphatic rings. The molecule has 8 nitrogen and oxygen atoms in total. The van der Waals surface area contributed by atoms with E-state index in [1.54, 1.807) is 20.1 Å². The van der Waals surface area contributed by atoms with Crippen molar-refractivity contribution in [3.63, 3.8) is 0 Å². The summed E-state index contributed by atoms with van der Waals surface area (Å²) in [6.07, 6.45) is 9.23. The molecule has 0 saturated heterocycles. The van der Waals surface area contributed by atoms with Gasteiger partial charge in [0.25, 0.3) is 0 Å². The van der Waals surface area contributed by atoms with Gasteiger partial charge in [-0.3, -0.25) is 9.59 Å². The number of allylic oxidation sites excluding steroid dienone is 1. The van der Waals surface area contributed by atoms with Crippen LogP contribution in [0.1, 0.15) is 70.6 Å². The molecule has 1 N–H and O–H groups in total. The second-order valence-electron chi connectivity index (χ2n) is 12.6. The summed E-state index contributed by atoms with van der Waals surface area (Å²) in [5, 5.41) is 16.4. The van der Waals surface area contributed by atoms with E-state index in [1.807, 2.05) is 10.9 Å². The van der Waals surface area contributed by atoms with Crippen LogP contribution >= 0.6 is 11.8 Å². The van der Waals surface area contributed by atoms with Gasteiger partial charge in [-0.25, -0.2) is 9.67 Å². The van der Waals surface area contributed by atoms with Crippen molar-refractivity contribution in [3.05, 3.63) is 47.3 Å². The van der Waals surface area contributed by atoms with E-state index in [1.165, 1.54) is 17.8 Å². The third-order valence-corrected chi connectivity index (χ3v) is 11.7. The molecule has 0 aromatic carbocycles. The molecule has 0 amide bonds. The lowest BCUT2D eigenvalue weighted by Gasteiger charge is -2.60. The number of hydrogen-bond acceptors (Lipinski definition) is 8. The number of fused-ring (bicyclic) bond motifs is 6. The van der Waals surface area contributed by atoms with Crippen molar-refractivity contribution in [1.82, 2.24) is 14.8 Å². The maximum atomic E-state index is 13.8. The molecule has 6 rings (SSSR count). The summed E-state index contributed by atoms with van der Waals surface area (Å²) in [5.74, 6) is -0.397. The lowest BCUT2D eigenvalue weighted by atomic mass is 9.45. The summed E-state index contributed by atoms with van der Waals surface area (Å²) in [6.45, 7) is 6.07. The van der Waals surface area contributed by atoms with Gasteiger partial charge in [0.15, 0.2) is 5.60 Å². The number of carbonyl (C=O) groups excluding carboxylic acids is 2. The van der Waals surface area contributed by atoms with Gasteiger partial charge in [0.05, 0.1) is 35.8 Å². The molecule has 7 atom stereocenters. The largest absolute Gasteiger partial charge is 0.449 e. The van der Waals surface area contributed by atoms with Crippen molar-refractivity contribution in [2.75, 3.05) is 13.0 Å². The highest BCUT2D eigenvalue weighted by molar-refractivity contribution is 8.13. The molecule has 0 radical (unpaired) electrons. The second kappa shape index (κ2) is 10.3. The van der Waals surface area contributed by atoms with Crippen LogP contribution in [0.5, 0.6) is 0 Å². The van der Waals surface area contributed by atoms with Crippen LogP contribution in [0, 0.1) is 34.5 Å². The van der Waals surface area contributed by atoms with E-state index >= 15 is 0 Å². The Kier molecular flexibility index (Phi) is 7.18. The molecule has 0 spiro atoms. The van der Waals surface area contributed by atoms with Crippen molar-refractivity contribution < 1.29 is 28.6 Å². The summed E-state index contributed by atoms with van der Waals surface area (Å²) in [7, 11) is 1.54. The molecule has 4 aliphatic carbocycles. The van der Waals surface area contributed by atoms with Gasteiger partial charge in [0.1, 0.15) is 0 Å². The van der Waals surface area contributed by atoms with Crippen LogP contribution in [0.25, 0.3) is 11.8 Å². The minimum atomic E-state index is -1.28. The fourth-order valence-electron chi connectivity index (χ4n) is 8.91. The van der Waals surface area contributed by atoms with Crippen LogP contribution in [-0.4, -0.2) is 55.7 Å². The van der Waals surface area contributed by atoms with Gasteiger partial charge in [0, 0.05) is 18.9 Å². The van der Waals surface area contributed by atoms with E-state index in [2.05, 4.69) is 30.0 Å². The van der Waals surface area contributed by atoms with E-state index in [9.17, 15) is 19.1 Å². The molecule has 2 aromatic rings. The molecule has 2 aromatic heterocycles. The van der Waals surface area contributed by atoms with Crippen molar-refractivity contribution in [2.24, 2.45) is 28.6 Å². The zero-order valence-electron chi connectivity index (χ0n) is 24.1. The maximum Gasteiger partial charge on any atom is 0.306 e. The van der Waals surface area contributed by atoms with Crippen LogP contribution in [0.15, 0.2) is 30.1 Å². The second-order valence-corrected chi connectivity index (χ2v) is 13.5. The zero-order valence-corrected chi connectivity index (χ0v) is 24.9. The highest BCUT2D eigenvalue weighted by atomic mass is 32.2. The quantitative estimate of drug-likeness (QED) is 0.284.